The Labute approximate surface area is 146 Å². The Bertz CT molecular complexity index is 930. The molecule has 1 heterocycles. The number of carbonyl (C=O) groups excluding carboxylic acids is 1. The van der Waals surface area contributed by atoms with Crippen LogP contribution < -0.4 is 5.32 Å². The third kappa shape index (κ3) is 3.45. The summed E-state index contributed by atoms with van der Waals surface area (Å²) in [5, 5.41) is 20.7. The van der Waals surface area contributed by atoms with Crippen molar-refractivity contribution in [2.24, 2.45) is 0 Å². The fourth-order valence-corrected chi connectivity index (χ4v) is 2.78. The molecule has 1 aromatic carbocycles. The molecule has 1 amide bonds. The summed E-state index contributed by atoms with van der Waals surface area (Å²) >= 11 is 0. The van der Waals surface area contributed by atoms with E-state index in [-0.39, 0.29) is 11.1 Å². The lowest BCUT2D eigenvalue weighted by Gasteiger charge is -2.13. The number of nitrogens with zero attached hydrogens (tertiary/aromatic N) is 2. The first-order chi connectivity index (χ1) is 11.8. The average Bonchev–Trinajstić information content (AvgIpc) is 2.85. The molecule has 0 saturated carbocycles. The molecule has 0 fully saturated rings. The molecule has 6 nitrogen and oxygen atoms in total. The molecule has 6 heteroatoms. The number of hydrogen-bond acceptors (Lipinski definition) is 3. The second kappa shape index (κ2) is 7.05. The summed E-state index contributed by atoms with van der Waals surface area (Å²) in [6.45, 7) is 5.66. The molecule has 0 bridgehead atoms. The maximum Gasteiger partial charge on any atom is 0.335 e. The van der Waals surface area contributed by atoms with Crippen LogP contribution in [0.1, 0.15) is 32.9 Å². The van der Waals surface area contributed by atoms with E-state index in [4.69, 9.17) is 10.4 Å². The van der Waals surface area contributed by atoms with Gasteiger partial charge in [0.1, 0.15) is 11.6 Å². The summed E-state index contributed by atoms with van der Waals surface area (Å²) in [6, 6.07) is 8.73. The lowest BCUT2D eigenvalue weighted by Crippen LogP contribution is -2.19. The summed E-state index contributed by atoms with van der Waals surface area (Å²) in [4.78, 5) is 22.8. The Morgan fingerprint density at radius 2 is 1.92 bits per heavy atom. The van der Waals surface area contributed by atoms with Crippen molar-refractivity contribution in [3.63, 3.8) is 0 Å². The number of aryl methyl sites for hydroxylation is 2. The molecule has 25 heavy (non-hydrogen) atoms. The van der Waals surface area contributed by atoms with Gasteiger partial charge in [-0.3, -0.25) is 4.79 Å². The van der Waals surface area contributed by atoms with Gasteiger partial charge in [-0.05, 0) is 62.2 Å². The average molecular weight is 337 g/mol. The van der Waals surface area contributed by atoms with Gasteiger partial charge in [0.15, 0.2) is 0 Å². The monoisotopic (exact) mass is 337 g/mol. The van der Waals surface area contributed by atoms with Crippen molar-refractivity contribution in [2.75, 3.05) is 7.05 Å². The minimum absolute atomic E-state index is 0.0284. The Morgan fingerprint density at radius 3 is 2.44 bits per heavy atom. The molecule has 0 atom stereocenters. The Morgan fingerprint density at radius 1 is 1.24 bits per heavy atom. The first-order valence-electron chi connectivity index (χ1n) is 7.67. The molecule has 1 aromatic heterocycles. The number of nitriles is 1. The van der Waals surface area contributed by atoms with Gasteiger partial charge >= 0.3 is 5.97 Å². The van der Waals surface area contributed by atoms with Gasteiger partial charge in [0.05, 0.1) is 5.56 Å². The fraction of sp³-hybridized carbons (Fsp3) is 0.211. The van der Waals surface area contributed by atoms with Gasteiger partial charge < -0.3 is 15.0 Å². The number of rotatable bonds is 4. The van der Waals surface area contributed by atoms with E-state index in [2.05, 4.69) is 5.32 Å². The molecular weight excluding hydrogens is 318 g/mol. The molecule has 0 radical (unpaired) electrons. The molecule has 128 valence electrons. The Hall–Kier alpha value is -3.33. The number of hydrogen-bond donors (Lipinski definition) is 2. The number of carboxylic acid groups (broad SMARTS) is 1. The van der Waals surface area contributed by atoms with E-state index in [1.807, 2.05) is 37.5 Å². The minimum atomic E-state index is -0.969. The molecule has 0 aliphatic heterocycles. The van der Waals surface area contributed by atoms with Gasteiger partial charge in [-0.25, -0.2) is 4.79 Å². The van der Waals surface area contributed by atoms with Crippen LogP contribution in [0.15, 0.2) is 29.8 Å². The number of amides is 1. The van der Waals surface area contributed by atoms with Gasteiger partial charge in [-0.2, -0.15) is 5.26 Å². The first kappa shape index (κ1) is 18.0. The van der Waals surface area contributed by atoms with E-state index in [0.29, 0.717) is 0 Å². The van der Waals surface area contributed by atoms with Crippen LogP contribution in [0.4, 0.5) is 0 Å². The second-order valence-corrected chi connectivity index (χ2v) is 5.72. The normalized spacial score (nSPS) is 11.1. The largest absolute Gasteiger partial charge is 0.478 e. The highest BCUT2D eigenvalue weighted by Crippen LogP contribution is 2.25. The van der Waals surface area contributed by atoms with Crippen molar-refractivity contribution in [1.82, 2.24) is 9.88 Å². The van der Waals surface area contributed by atoms with Crippen LogP contribution >= 0.6 is 0 Å². The molecule has 0 aliphatic carbocycles. The summed E-state index contributed by atoms with van der Waals surface area (Å²) in [7, 11) is 1.48. The zero-order valence-corrected chi connectivity index (χ0v) is 14.5. The van der Waals surface area contributed by atoms with Gasteiger partial charge in [-0.15, -0.1) is 0 Å². The van der Waals surface area contributed by atoms with E-state index in [9.17, 15) is 9.59 Å². The molecule has 0 spiro atoms. The van der Waals surface area contributed by atoms with Gasteiger partial charge in [0.2, 0.25) is 0 Å². The molecule has 0 aliphatic rings. The third-order valence-corrected chi connectivity index (χ3v) is 4.05. The predicted octanol–water partition coefficient (Wildman–Crippen LogP) is 2.75. The summed E-state index contributed by atoms with van der Waals surface area (Å²) in [6.07, 6.45) is 1.55. The summed E-state index contributed by atoms with van der Waals surface area (Å²) in [5.41, 5.74) is 4.49. The third-order valence-electron chi connectivity index (χ3n) is 4.05. The van der Waals surface area contributed by atoms with Crippen molar-refractivity contribution in [2.45, 2.75) is 20.8 Å². The van der Waals surface area contributed by atoms with Crippen LogP contribution in [-0.2, 0) is 4.79 Å². The van der Waals surface area contributed by atoms with Crippen molar-refractivity contribution in [1.29, 1.82) is 5.26 Å². The highest BCUT2D eigenvalue weighted by molar-refractivity contribution is 6.01. The standard InChI is InChI=1S/C19H19N3O3/c1-11-7-14(19(24)25)5-6-17(11)22-12(2)8-15(13(22)3)9-16(10-20)18(23)21-4/h5-9H,1-4H3,(H,21,23)(H,24,25)/b16-9-. The van der Waals surface area contributed by atoms with Crippen molar-refractivity contribution >= 4 is 18.0 Å². The van der Waals surface area contributed by atoms with Crippen LogP contribution in [0, 0.1) is 32.1 Å². The van der Waals surface area contributed by atoms with E-state index < -0.39 is 11.9 Å². The minimum Gasteiger partial charge on any atom is -0.478 e. The maximum atomic E-state index is 11.7. The van der Waals surface area contributed by atoms with Gasteiger partial charge in [-0.1, -0.05) is 0 Å². The highest BCUT2D eigenvalue weighted by Gasteiger charge is 2.15. The number of benzene rings is 1. The quantitative estimate of drug-likeness (QED) is 0.662. The van der Waals surface area contributed by atoms with Crippen molar-refractivity contribution < 1.29 is 14.7 Å². The number of carbonyl (C=O) groups is 2. The number of aromatic nitrogens is 1. The van der Waals surface area contributed by atoms with Crippen LogP contribution in [-0.4, -0.2) is 28.6 Å². The SMILES string of the molecule is CNC(=O)/C(C#N)=C\c1cc(C)n(-c2ccc(C(=O)O)cc2C)c1C. The smallest absolute Gasteiger partial charge is 0.335 e. The van der Waals surface area contributed by atoms with E-state index >= 15 is 0 Å². The number of aromatic carboxylic acids is 1. The van der Waals surface area contributed by atoms with Crippen molar-refractivity contribution in [3.05, 3.63) is 57.9 Å². The fourth-order valence-electron chi connectivity index (χ4n) is 2.78. The van der Waals surface area contributed by atoms with Gasteiger partial charge in [0, 0.05) is 24.1 Å². The lowest BCUT2D eigenvalue weighted by molar-refractivity contribution is -0.116. The van der Waals surface area contributed by atoms with Crippen LogP contribution in [0.3, 0.4) is 0 Å². The zero-order valence-electron chi connectivity index (χ0n) is 14.5. The zero-order chi connectivity index (χ0) is 18.7. The molecule has 0 saturated heterocycles. The Balaban J connectivity index is 2.58. The number of carboxylic acids is 1. The highest BCUT2D eigenvalue weighted by atomic mass is 16.4. The molecule has 2 aromatic rings. The molecule has 0 unspecified atom stereocenters. The predicted molar refractivity (Wildman–Crippen MR) is 94.6 cm³/mol. The molecule has 2 N–H and O–H groups in total. The maximum absolute atomic E-state index is 11.7. The summed E-state index contributed by atoms with van der Waals surface area (Å²) in [5.74, 6) is -1.40. The summed E-state index contributed by atoms with van der Waals surface area (Å²) < 4.78 is 1.98. The molecule has 2 rings (SSSR count). The second-order valence-electron chi connectivity index (χ2n) is 5.72. The molecular formula is C19H19N3O3. The number of likely N-dealkylation sites (N-methyl/N-ethyl adjacent to an activating group) is 1. The van der Waals surface area contributed by atoms with Crippen LogP contribution in [0.5, 0.6) is 0 Å². The Kier molecular flexibility index (Phi) is 5.08. The topological polar surface area (TPSA) is 95.1 Å². The van der Waals surface area contributed by atoms with Crippen LogP contribution in [0.25, 0.3) is 11.8 Å². The number of nitrogens with one attached hydrogen (secondary N) is 1. The van der Waals surface area contributed by atoms with Crippen LogP contribution in [0.2, 0.25) is 0 Å². The van der Waals surface area contributed by atoms with E-state index in [0.717, 1.165) is 28.2 Å². The lowest BCUT2D eigenvalue weighted by atomic mass is 10.1. The van der Waals surface area contributed by atoms with Crippen molar-refractivity contribution in [3.8, 4) is 11.8 Å². The van der Waals surface area contributed by atoms with Gasteiger partial charge in [0.25, 0.3) is 5.91 Å². The van der Waals surface area contributed by atoms with E-state index in [1.165, 1.54) is 7.05 Å². The van der Waals surface area contributed by atoms with E-state index in [1.54, 1.807) is 24.3 Å². The first-order valence-corrected chi connectivity index (χ1v) is 7.67.